The molecule has 0 amide bonds. The molecule has 1 aromatic carbocycles. The first-order chi connectivity index (χ1) is 10.5. The first kappa shape index (κ1) is 15.4. The molecule has 1 aliphatic carbocycles. The monoisotopic (exact) mass is 314 g/mol. The topological polar surface area (TPSA) is 37.3 Å². The third kappa shape index (κ3) is 3.30. The van der Waals surface area contributed by atoms with Gasteiger partial charge in [0.25, 0.3) is 0 Å². The van der Waals surface area contributed by atoms with Crippen LogP contribution in [0.25, 0.3) is 0 Å². The van der Waals surface area contributed by atoms with Crippen LogP contribution in [0.1, 0.15) is 44.2 Å². The molecule has 3 rings (SSSR count). The van der Waals surface area contributed by atoms with Gasteiger partial charge in [-0.3, -0.25) is 0 Å². The summed E-state index contributed by atoms with van der Waals surface area (Å²) >= 11 is 1.97. The van der Waals surface area contributed by atoms with E-state index in [1.165, 1.54) is 28.2 Å². The van der Waals surface area contributed by atoms with Crippen molar-refractivity contribution in [3.05, 3.63) is 52.6 Å². The molecule has 1 N–H and O–H groups in total. The molecule has 1 aliphatic heterocycles. The van der Waals surface area contributed by atoms with E-state index < -0.39 is 5.97 Å². The van der Waals surface area contributed by atoms with Crippen LogP contribution in [-0.4, -0.2) is 16.8 Å². The number of carboxylic acid groups (broad SMARTS) is 1. The van der Waals surface area contributed by atoms with E-state index in [1.807, 2.05) is 17.8 Å². The number of hydrogen-bond acceptors (Lipinski definition) is 2. The maximum absolute atomic E-state index is 10.7. The molecule has 2 nitrogen and oxygen atoms in total. The number of carbonyl (C=O) groups is 1. The van der Waals surface area contributed by atoms with Gasteiger partial charge in [-0.25, -0.2) is 4.79 Å². The van der Waals surface area contributed by atoms with Gasteiger partial charge in [0.05, 0.1) is 0 Å². The van der Waals surface area contributed by atoms with Crippen molar-refractivity contribution in [2.24, 2.45) is 0 Å². The summed E-state index contributed by atoms with van der Waals surface area (Å²) in [4.78, 5) is 12.2. The van der Waals surface area contributed by atoms with Crippen LogP contribution >= 0.6 is 11.8 Å². The number of thioether (sulfide) groups is 1. The number of benzene rings is 1. The molecule has 0 fully saturated rings. The molecule has 1 aromatic rings. The molecule has 0 saturated carbocycles. The second kappa shape index (κ2) is 5.96. The van der Waals surface area contributed by atoms with Gasteiger partial charge >= 0.3 is 5.97 Å². The Morgan fingerprint density at radius 1 is 1.41 bits per heavy atom. The Kier molecular flexibility index (Phi) is 4.18. The number of fused-ring (bicyclic) bond motifs is 1. The normalized spacial score (nSPS) is 19.4. The van der Waals surface area contributed by atoms with Gasteiger partial charge in [-0.1, -0.05) is 38.1 Å². The van der Waals surface area contributed by atoms with Gasteiger partial charge in [-0.2, -0.15) is 0 Å². The van der Waals surface area contributed by atoms with E-state index in [2.05, 4.69) is 38.1 Å². The number of aryl methyl sites for hydroxylation is 1. The van der Waals surface area contributed by atoms with Crippen LogP contribution in [0.2, 0.25) is 0 Å². The highest BCUT2D eigenvalue weighted by Crippen LogP contribution is 2.41. The SMILES string of the molecule is CC1(C)CCSc2ccc(CC/C=C/C3=C(C(=O)O)C3)cc21. The fourth-order valence-electron chi connectivity index (χ4n) is 2.93. The molecule has 0 spiro atoms. The van der Waals surface area contributed by atoms with E-state index in [0.29, 0.717) is 12.0 Å². The summed E-state index contributed by atoms with van der Waals surface area (Å²) in [6.07, 6.45) is 7.94. The van der Waals surface area contributed by atoms with Crippen LogP contribution in [0, 0.1) is 0 Å². The molecule has 0 aromatic heterocycles. The van der Waals surface area contributed by atoms with Crippen molar-refractivity contribution in [1.82, 2.24) is 0 Å². The molecule has 0 atom stereocenters. The van der Waals surface area contributed by atoms with E-state index >= 15 is 0 Å². The molecule has 0 saturated heterocycles. The Labute approximate surface area is 136 Å². The van der Waals surface area contributed by atoms with Gasteiger partial charge in [0, 0.05) is 16.9 Å². The number of rotatable bonds is 5. The van der Waals surface area contributed by atoms with Crippen molar-refractivity contribution in [3.63, 3.8) is 0 Å². The lowest BCUT2D eigenvalue weighted by Crippen LogP contribution is -2.22. The first-order valence-corrected chi connectivity index (χ1v) is 8.84. The van der Waals surface area contributed by atoms with Crippen LogP contribution < -0.4 is 0 Å². The molecule has 116 valence electrons. The molecule has 3 heteroatoms. The number of carboxylic acids is 1. The molecular weight excluding hydrogens is 292 g/mol. The van der Waals surface area contributed by atoms with Crippen LogP contribution in [0.3, 0.4) is 0 Å². The Bertz CT molecular complexity index is 668. The third-order valence-electron chi connectivity index (χ3n) is 4.56. The van der Waals surface area contributed by atoms with Gasteiger partial charge in [0.1, 0.15) is 0 Å². The van der Waals surface area contributed by atoms with Crippen LogP contribution in [0.5, 0.6) is 0 Å². The van der Waals surface area contributed by atoms with Crippen molar-refractivity contribution < 1.29 is 9.90 Å². The molecule has 22 heavy (non-hydrogen) atoms. The van der Waals surface area contributed by atoms with Gasteiger partial charge in [-0.05, 0) is 53.2 Å². The zero-order chi connectivity index (χ0) is 15.7. The molecule has 2 aliphatic rings. The van der Waals surface area contributed by atoms with Gasteiger partial charge in [0.2, 0.25) is 0 Å². The Balaban J connectivity index is 1.62. The number of allylic oxidation sites excluding steroid dienone is 3. The lowest BCUT2D eigenvalue weighted by atomic mass is 9.81. The highest BCUT2D eigenvalue weighted by Gasteiger charge is 2.28. The second-order valence-corrected chi connectivity index (χ2v) is 7.88. The van der Waals surface area contributed by atoms with Gasteiger partial charge < -0.3 is 5.11 Å². The maximum atomic E-state index is 10.7. The summed E-state index contributed by atoms with van der Waals surface area (Å²) in [5, 5.41) is 8.83. The minimum atomic E-state index is -0.769. The van der Waals surface area contributed by atoms with E-state index in [1.54, 1.807) is 0 Å². The highest BCUT2D eigenvalue weighted by atomic mass is 32.2. The largest absolute Gasteiger partial charge is 0.478 e. The van der Waals surface area contributed by atoms with Crippen molar-refractivity contribution in [2.45, 2.75) is 49.8 Å². The molecule has 1 heterocycles. The van der Waals surface area contributed by atoms with Crippen molar-refractivity contribution >= 4 is 17.7 Å². The van der Waals surface area contributed by atoms with E-state index in [-0.39, 0.29) is 5.41 Å². The molecule has 0 bridgehead atoms. The van der Waals surface area contributed by atoms with Crippen LogP contribution in [0.4, 0.5) is 0 Å². The second-order valence-electron chi connectivity index (χ2n) is 6.74. The Morgan fingerprint density at radius 3 is 2.95 bits per heavy atom. The molecule has 0 unspecified atom stereocenters. The minimum absolute atomic E-state index is 0.279. The van der Waals surface area contributed by atoms with E-state index in [4.69, 9.17) is 5.11 Å². The van der Waals surface area contributed by atoms with Crippen LogP contribution in [-0.2, 0) is 16.6 Å². The van der Waals surface area contributed by atoms with Crippen molar-refractivity contribution in [3.8, 4) is 0 Å². The lowest BCUT2D eigenvalue weighted by molar-refractivity contribution is -0.132. The maximum Gasteiger partial charge on any atom is 0.332 e. The third-order valence-corrected chi connectivity index (χ3v) is 5.64. The minimum Gasteiger partial charge on any atom is -0.478 e. The first-order valence-electron chi connectivity index (χ1n) is 7.85. The lowest BCUT2D eigenvalue weighted by Gasteiger charge is -2.32. The fraction of sp³-hybridized carbons (Fsp3) is 0.421. The average Bonchev–Trinajstić information content (AvgIpc) is 3.24. The molecular formula is C19H22O2S. The smallest absolute Gasteiger partial charge is 0.332 e. The number of aliphatic carboxylic acids is 1. The molecule has 0 radical (unpaired) electrons. The summed E-state index contributed by atoms with van der Waals surface area (Å²) in [6.45, 7) is 4.67. The fourth-order valence-corrected chi connectivity index (χ4v) is 4.42. The zero-order valence-electron chi connectivity index (χ0n) is 13.2. The summed E-state index contributed by atoms with van der Waals surface area (Å²) < 4.78 is 0. The Hall–Kier alpha value is -1.48. The van der Waals surface area contributed by atoms with Crippen LogP contribution in [0.15, 0.2) is 46.4 Å². The summed E-state index contributed by atoms with van der Waals surface area (Å²) in [7, 11) is 0. The summed E-state index contributed by atoms with van der Waals surface area (Å²) in [5.41, 5.74) is 4.70. The number of hydrogen-bond donors (Lipinski definition) is 1. The van der Waals surface area contributed by atoms with Crippen molar-refractivity contribution in [2.75, 3.05) is 5.75 Å². The standard InChI is InChI=1S/C19H22O2S/c1-19(2)9-10-22-17-8-7-13(11-16(17)19)5-3-4-6-14-12-15(14)18(20)21/h4,6-8,11H,3,5,9-10,12H2,1-2H3,(H,20,21)/b6-4+. The van der Waals surface area contributed by atoms with E-state index in [0.717, 1.165) is 18.4 Å². The Morgan fingerprint density at radius 2 is 2.23 bits per heavy atom. The summed E-state index contributed by atoms with van der Waals surface area (Å²) in [6, 6.07) is 6.88. The zero-order valence-corrected chi connectivity index (χ0v) is 14.0. The summed E-state index contributed by atoms with van der Waals surface area (Å²) in [5.74, 6) is 0.442. The average molecular weight is 314 g/mol. The quantitative estimate of drug-likeness (QED) is 0.853. The predicted molar refractivity (Wildman–Crippen MR) is 91.5 cm³/mol. The predicted octanol–water partition coefficient (Wildman–Crippen LogP) is 4.73. The van der Waals surface area contributed by atoms with Gasteiger partial charge in [-0.15, -0.1) is 11.8 Å². The highest BCUT2D eigenvalue weighted by molar-refractivity contribution is 7.99. The van der Waals surface area contributed by atoms with E-state index in [9.17, 15) is 4.79 Å². The van der Waals surface area contributed by atoms with Crippen molar-refractivity contribution in [1.29, 1.82) is 0 Å². The van der Waals surface area contributed by atoms with Gasteiger partial charge in [0.15, 0.2) is 0 Å².